The van der Waals surface area contributed by atoms with Crippen LogP contribution < -0.4 is 0 Å². The zero-order valence-electron chi connectivity index (χ0n) is 11.0. The van der Waals surface area contributed by atoms with E-state index in [0.717, 1.165) is 11.1 Å². The van der Waals surface area contributed by atoms with Crippen molar-refractivity contribution >= 4 is 11.9 Å². The fourth-order valence-electron chi connectivity index (χ4n) is 2.02. The van der Waals surface area contributed by atoms with Crippen LogP contribution in [-0.2, 0) is 16.0 Å². The van der Waals surface area contributed by atoms with Crippen molar-refractivity contribution in [3.05, 3.63) is 59.7 Å². The van der Waals surface area contributed by atoms with Gasteiger partial charge in [0.2, 0.25) is 0 Å². The molecule has 0 saturated carbocycles. The molecule has 0 unspecified atom stereocenters. The van der Waals surface area contributed by atoms with E-state index in [4.69, 9.17) is 9.84 Å². The lowest BCUT2D eigenvalue weighted by atomic mass is 9.96. The first-order valence-corrected chi connectivity index (χ1v) is 6.10. The van der Waals surface area contributed by atoms with Crippen molar-refractivity contribution < 1.29 is 19.4 Å². The topological polar surface area (TPSA) is 63.6 Å². The van der Waals surface area contributed by atoms with E-state index in [1.807, 2.05) is 30.3 Å². The molecule has 0 atom stereocenters. The van der Waals surface area contributed by atoms with Crippen molar-refractivity contribution in [2.24, 2.45) is 0 Å². The molecular formula is C16H14O4. The van der Waals surface area contributed by atoms with Gasteiger partial charge in [0.15, 0.2) is 0 Å². The molecule has 1 N–H and O–H groups in total. The zero-order chi connectivity index (χ0) is 14.5. The number of hydrogen-bond acceptors (Lipinski definition) is 3. The minimum atomic E-state index is -0.937. The van der Waals surface area contributed by atoms with Gasteiger partial charge >= 0.3 is 11.9 Å². The van der Waals surface area contributed by atoms with Crippen LogP contribution in [0.4, 0.5) is 0 Å². The van der Waals surface area contributed by atoms with Gasteiger partial charge in [0.05, 0.1) is 19.1 Å². The van der Waals surface area contributed by atoms with Crippen molar-refractivity contribution in [3.63, 3.8) is 0 Å². The standard InChI is InChI=1S/C16H14O4/c1-20-16(19)14-9-11(10-15(17)18)7-8-13(14)12-5-3-2-4-6-12/h2-9H,10H2,1H3,(H,17,18). The Labute approximate surface area is 116 Å². The van der Waals surface area contributed by atoms with Crippen LogP contribution in [-0.4, -0.2) is 24.2 Å². The van der Waals surface area contributed by atoms with Crippen molar-refractivity contribution in [1.82, 2.24) is 0 Å². The van der Waals surface area contributed by atoms with Crippen molar-refractivity contribution in [2.75, 3.05) is 7.11 Å². The van der Waals surface area contributed by atoms with Crippen LogP contribution >= 0.6 is 0 Å². The first-order chi connectivity index (χ1) is 9.61. The fraction of sp³-hybridized carbons (Fsp3) is 0.125. The van der Waals surface area contributed by atoms with E-state index in [9.17, 15) is 9.59 Å². The number of carboxylic acids is 1. The Bertz CT molecular complexity index is 632. The van der Waals surface area contributed by atoms with Crippen molar-refractivity contribution in [2.45, 2.75) is 6.42 Å². The highest BCUT2D eigenvalue weighted by Crippen LogP contribution is 2.25. The Hall–Kier alpha value is -2.62. The normalized spacial score (nSPS) is 10.1. The van der Waals surface area contributed by atoms with E-state index in [0.29, 0.717) is 11.1 Å². The molecule has 102 valence electrons. The van der Waals surface area contributed by atoms with Gasteiger partial charge in [-0.05, 0) is 22.8 Å². The number of carbonyl (C=O) groups excluding carboxylic acids is 1. The van der Waals surface area contributed by atoms with Crippen LogP contribution in [0.25, 0.3) is 11.1 Å². The van der Waals surface area contributed by atoms with Crippen molar-refractivity contribution in [1.29, 1.82) is 0 Å². The summed E-state index contributed by atoms with van der Waals surface area (Å²) >= 11 is 0. The molecule has 0 saturated heterocycles. The Morgan fingerprint density at radius 2 is 1.80 bits per heavy atom. The molecular weight excluding hydrogens is 256 g/mol. The van der Waals surface area contributed by atoms with Crippen LogP contribution in [0.15, 0.2) is 48.5 Å². The molecule has 0 aliphatic heterocycles. The van der Waals surface area contributed by atoms with E-state index in [-0.39, 0.29) is 6.42 Å². The molecule has 4 heteroatoms. The van der Waals surface area contributed by atoms with E-state index < -0.39 is 11.9 Å². The monoisotopic (exact) mass is 270 g/mol. The maximum absolute atomic E-state index is 11.9. The van der Waals surface area contributed by atoms with Crippen LogP contribution in [0, 0.1) is 0 Å². The Morgan fingerprint density at radius 1 is 1.10 bits per heavy atom. The minimum absolute atomic E-state index is 0.126. The Kier molecular flexibility index (Phi) is 4.15. The quantitative estimate of drug-likeness (QED) is 0.868. The molecule has 0 aliphatic rings. The van der Waals surface area contributed by atoms with Gasteiger partial charge in [-0.2, -0.15) is 0 Å². The first kappa shape index (κ1) is 13.8. The lowest BCUT2D eigenvalue weighted by Gasteiger charge is -2.10. The van der Waals surface area contributed by atoms with E-state index >= 15 is 0 Å². The average Bonchev–Trinajstić information content (AvgIpc) is 2.46. The molecule has 20 heavy (non-hydrogen) atoms. The van der Waals surface area contributed by atoms with Crippen LogP contribution in [0.5, 0.6) is 0 Å². The predicted molar refractivity (Wildman–Crippen MR) is 74.6 cm³/mol. The van der Waals surface area contributed by atoms with Gasteiger partial charge in [0, 0.05) is 0 Å². The van der Waals surface area contributed by atoms with Crippen molar-refractivity contribution in [3.8, 4) is 11.1 Å². The lowest BCUT2D eigenvalue weighted by molar-refractivity contribution is -0.136. The molecule has 0 aromatic heterocycles. The molecule has 2 aromatic rings. The predicted octanol–water partition coefficient (Wildman–Crippen LogP) is 2.77. The molecule has 0 amide bonds. The molecule has 2 aromatic carbocycles. The number of carboxylic acid groups (broad SMARTS) is 1. The largest absolute Gasteiger partial charge is 0.481 e. The number of carbonyl (C=O) groups is 2. The summed E-state index contributed by atoms with van der Waals surface area (Å²) in [5.41, 5.74) is 2.55. The number of aliphatic carboxylic acids is 1. The van der Waals surface area contributed by atoms with Gasteiger partial charge in [0.25, 0.3) is 0 Å². The molecule has 0 spiro atoms. The average molecular weight is 270 g/mol. The van der Waals surface area contributed by atoms with Gasteiger partial charge in [0.1, 0.15) is 0 Å². The molecule has 0 aliphatic carbocycles. The third-order valence-corrected chi connectivity index (χ3v) is 2.93. The highest BCUT2D eigenvalue weighted by Gasteiger charge is 2.15. The minimum Gasteiger partial charge on any atom is -0.481 e. The lowest BCUT2D eigenvalue weighted by Crippen LogP contribution is -2.06. The number of methoxy groups -OCH3 is 1. The molecule has 0 radical (unpaired) electrons. The second kappa shape index (κ2) is 6.02. The number of rotatable bonds is 4. The fourth-order valence-corrected chi connectivity index (χ4v) is 2.02. The van der Waals surface area contributed by atoms with Gasteiger partial charge < -0.3 is 9.84 Å². The summed E-state index contributed by atoms with van der Waals surface area (Å²) in [5.74, 6) is -1.41. The Balaban J connectivity index is 2.51. The van der Waals surface area contributed by atoms with Gasteiger partial charge in [-0.15, -0.1) is 0 Å². The number of esters is 1. The summed E-state index contributed by atoms with van der Waals surface area (Å²) in [6, 6.07) is 14.4. The SMILES string of the molecule is COC(=O)c1cc(CC(=O)O)ccc1-c1ccccc1. The third-order valence-electron chi connectivity index (χ3n) is 2.93. The Morgan fingerprint density at radius 3 is 2.40 bits per heavy atom. The van der Waals surface area contributed by atoms with E-state index in [1.54, 1.807) is 18.2 Å². The van der Waals surface area contributed by atoms with Crippen LogP contribution in [0.3, 0.4) is 0 Å². The highest BCUT2D eigenvalue weighted by atomic mass is 16.5. The van der Waals surface area contributed by atoms with Gasteiger partial charge in [-0.25, -0.2) is 4.79 Å². The van der Waals surface area contributed by atoms with E-state index in [2.05, 4.69) is 0 Å². The number of ether oxygens (including phenoxy) is 1. The summed E-state index contributed by atoms with van der Waals surface area (Å²) in [4.78, 5) is 22.6. The highest BCUT2D eigenvalue weighted by molar-refractivity contribution is 5.97. The smallest absolute Gasteiger partial charge is 0.338 e. The maximum Gasteiger partial charge on any atom is 0.338 e. The van der Waals surface area contributed by atoms with E-state index in [1.165, 1.54) is 7.11 Å². The van der Waals surface area contributed by atoms with Gasteiger partial charge in [-0.1, -0.05) is 42.5 Å². The molecule has 0 fully saturated rings. The van der Waals surface area contributed by atoms with Crippen LogP contribution in [0.1, 0.15) is 15.9 Å². The molecule has 4 nitrogen and oxygen atoms in total. The molecule has 2 rings (SSSR count). The summed E-state index contributed by atoms with van der Waals surface area (Å²) in [7, 11) is 1.31. The maximum atomic E-state index is 11.9. The summed E-state index contributed by atoms with van der Waals surface area (Å²) in [5, 5.41) is 8.82. The zero-order valence-corrected chi connectivity index (χ0v) is 11.0. The first-order valence-electron chi connectivity index (χ1n) is 6.10. The second-order valence-corrected chi connectivity index (χ2v) is 4.31. The third kappa shape index (κ3) is 3.03. The molecule has 0 bridgehead atoms. The summed E-state index contributed by atoms with van der Waals surface area (Å²) in [6.07, 6.45) is -0.126. The van der Waals surface area contributed by atoms with Gasteiger partial charge in [-0.3, -0.25) is 4.79 Å². The summed E-state index contributed by atoms with van der Waals surface area (Å²) < 4.78 is 4.77. The number of hydrogen-bond donors (Lipinski definition) is 1. The summed E-state index contributed by atoms with van der Waals surface area (Å²) in [6.45, 7) is 0. The second-order valence-electron chi connectivity index (χ2n) is 4.31. The molecule has 0 heterocycles. The van der Waals surface area contributed by atoms with Crippen LogP contribution in [0.2, 0.25) is 0 Å². The number of benzene rings is 2.